The van der Waals surface area contributed by atoms with Gasteiger partial charge in [0.05, 0.1) is 22.7 Å². The fourth-order valence-electron chi connectivity index (χ4n) is 2.45. The Morgan fingerprint density at radius 3 is 2.26 bits per heavy atom. The second kappa shape index (κ2) is 9.08. The Bertz CT molecular complexity index is 825. The molecule has 1 unspecified atom stereocenters. The van der Waals surface area contributed by atoms with Gasteiger partial charge in [0.15, 0.2) is 0 Å². The van der Waals surface area contributed by atoms with Crippen molar-refractivity contribution in [3.05, 3.63) is 63.6 Å². The van der Waals surface area contributed by atoms with Gasteiger partial charge in [-0.25, -0.2) is 4.79 Å². The van der Waals surface area contributed by atoms with Crippen LogP contribution in [0.3, 0.4) is 0 Å². The molecule has 0 fully saturated rings. The predicted molar refractivity (Wildman–Crippen MR) is 107 cm³/mol. The molecule has 0 saturated heterocycles. The summed E-state index contributed by atoms with van der Waals surface area (Å²) in [6.45, 7) is 3.76. The van der Waals surface area contributed by atoms with E-state index in [4.69, 9.17) is 28.9 Å². The van der Waals surface area contributed by atoms with Crippen molar-refractivity contribution in [2.75, 3.05) is 11.9 Å². The van der Waals surface area contributed by atoms with Crippen molar-refractivity contribution in [1.82, 2.24) is 4.90 Å². The number of urea groups is 1. The summed E-state index contributed by atoms with van der Waals surface area (Å²) in [4.78, 5) is 25.2. The van der Waals surface area contributed by atoms with Crippen LogP contribution in [-0.2, 0) is 0 Å². The lowest BCUT2D eigenvalue weighted by Crippen LogP contribution is -2.42. The van der Waals surface area contributed by atoms with E-state index < -0.39 is 12.0 Å². The fraction of sp³-hybridized carbons (Fsp3) is 0.263. The Morgan fingerprint density at radius 2 is 1.74 bits per heavy atom. The zero-order valence-electron chi connectivity index (χ0n) is 14.9. The predicted octanol–water partition coefficient (Wildman–Crippen LogP) is 4.07. The van der Waals surface area contributed by atoms with Crippen LogP contribution in [0.5, 0.6) is 0 Å². The molecule has 27 heavy (non-hydrogen) atoms. The van der Waals surface area contributed by atoms with Crippen LogP contribution < -0.4 is 11.1 Å². The Balaban J connectivity index is 2.09. The molecule has 3 amide bonds. The van der Waals surface area contributed by atoms with Gasteiger partial charge in [-0.1, -0.05) is 29.3 Å². The standard InChI is InChI=1S/C19H21Cl2N3O3/c1-11(2)24(10-17(25)13-5-8-15(20)16(21)9-13)19(27)23-14-6-3-12(4-7-14)18(22)26/h3-9,11,17,25H,10H2,1-2H3,(H2,22,26)(H,23,27). The lowest BCUT2D eigenvalue weighted by atomic mass is 10.1. The maximum atomic E-state index is 12.6. The van der Waals surface area contributed by atoms with Gasteiger partial charge in [0, 0.05) is 17.3 Å². The minimum atomic E-state index is -0.926. The lowest BCUT2D eigenvalue weighted by Gasteiger charge is -2.29. The largest absolute Gasteiger partial charge is 0.387 e. The van der Waals surface area contributed by atoms with E-state index in [-0.39, 0.29) is 18.6 Å². The SMILES string of the molecule is CC(C)N(CC(O)c1ccc(Cl)c(Cl)c1)C(=O)Nc1ccc(C(N)=O)cc1. The van der Waals surface area contributed by atoms with E-state index in [1.165, 1.54) is 17.0 Å². The third-order valence-electron chi connectivity index (χ3n) is 4.00. The Kier molecular flexibility index (Phi) is 7.07. The number of carbonyl (C=O) groups is 2. The van der Waals surface area contributed by atoms with Gasteiger partial charge in [-0.15, -0.1) is 0 Å². The van der Waals surface area contributed by atoms with E-state index >= 15 is 0 Å². The minimum Gasteiger partial charge on any atom is -0.387 e. The van der Waals surface area contributed by atoms with Crippen LogP contribution >= 0.6 is 23.2 Å². The summed E-state index contributed by atoms with van der Waals surface area (Å²) in [5.74, 6) is -0.540. The number of nitrogens with two attached hydrogens (primary N) is 1. The van der Waals surface area contributed by atoms with Crippen LogP contribution in [0.2, 0.25) is 10.0 Å². The van der Waals surface area contributed by atoms with Crippen LogP contribution in [0.15, 0.2) is 42.5 Å². The normalized spacial score (nSPS) is 11.9. The van der Waals surface area contributed by atoms with Crippen molar-refractivity contribution in [3.63, 3.8) is 0 Å². The highest BCUT2D eigenvalue weighted by Gasteiger charge is 2.22. The van der Waals surface area contributed by atoms with E-state index in [1.54, 1.807) is 30.3 Å². The van der Waals surface area contributed by atoms with Crippen LogP contribution in [-0.4, -0.2) is 34.5 Å². The molecule has 0 spiro atoms. The second-order valence-corrected chi connectivity index (χ2v) is 7.12. The van der Waals surface area contributed by atoms with E-state index in [9.17, 15) is 14.7 Å². The van der Waals surface area contributed by atoms with Gasteiger partial charge >= 0.3 is 6.03 Å². The molecule has 0 aliphatic heterocycles. The fourth-order valence-corrected chi connectivity index (χ4v) is 2.76. The molecule has 0 heterocycles. The van der Waals surface area contributed by atoms with Crippen LogP contribution in [0.25, 0.3) is 0 Å². The molecule has 6 nitrogen and oxygen atoms in total. The molecule has 0 aliphatic rings. The maximum absolute atomic E-state index is 12.6. The van der Waals surface area contributed by atoms with E-state index in [0.29, 0.717) is 26.9 Å². The summed E-state index contributed by atoms with van der Waals surface area (Å²) in [6.07, 6.45) is -0.926. The zero-order chi connectivity index (χ0) is 20.1. The van der Waals surface area contributed by atoms with Gasteiger partial charge in [-0.05, 0) is 55.8 Å². The van der Waals surface area contributed by atoms with Crippen molar-refractivity contribution >= 4 is 40.8 Å². The van der Waals surface area contributed by atoms with Crippen LogP contribution in [0.1, 0.15) is 35.9 Å². The van der Waals surface area contributed by atoms with Gasteiger partial charge in [0.1, 0.15) is 0 Å². The number of anilines is 1. The molecule has 8 heteroatoms. The van der Waals surface area contributed by atoms with E-state index in [1.807, 2.05) is 13.8 Å². The maximum Gasteiger partial charge on any atom is 0.322 e. The molecule has 4 N–H and O–H groups in total. The minimum absolute atomic E-state index is 0.0703. The van der Waals surface area contributed by atoms with Gasteiger partial charge in [0.25, 0.3) is 0 Å². The number of aliphatic hydroxyl groups excluding tert-OH is 1. The second-order valence-electron chi connectivity index (χ2n) is 6.31. The number of benzene rings is 2. The Labute approximate surface area is 167 Å². The third kappa shape index (κ3) is 5.60. The smallest absolute Gasteiger partial charge is 0.322 e. The topological polar surface area (TPSA) is 95.7 Å². The quantitative estimate of drug-likeness (QED) is 0.670. The molecule has 0 aromatic heterocycles. The lowest BCUT2D eigenvalue weighted by molar-refractivity contribution is 0.100. The summed E-state index contributed by atoms with van der Waals surface area (Å²) in [5, 5.41) is 14.0. The molecule has 2 aromatic carbocycles. The number of nitrogens with zero attached hydrogens (tertiary/aromatic N) is 1. The first-order valence-electron chi connectivity index (χ1n) is 8.29. The monoisotopic (exact) mass is 409 g/mol. The molecule has 2 aromatic rings. The van der Waals surface area contributed by atoms with Crippen molar-refractivity contribution in [1.29, 1.82) is 0 Å². The number of hydrogen-bond donors (Lipinski definition) is 3. The van der Waals surface area contributed by atoms with Gasteiger partial charge < -0.3 is 21.1 Å². The van der Waals surface area contributed by atoms with E-state index in [2.05, 4.69) is 5.32 Å². The van der Waals surface area contributed by atoms with Crippen LogP contribution in [0, 0.1) is 0 Å². The average molecular weight is 410 g/mol. The number of amides is 3. The molecule has 0 saturated carbocycles. The number of rotatable bonds is 6. The Morgan fingerprint density at radius 1 is 1.11 bits per heavy atom. The molecular formula is C19H21Cl2N3O3. The molecule has 0 bridgehead atoms. The first-order chi connectivity index (χ1) is 12.7. The highest BCUT2D eigenvalue weighted by Crippen LogP contribution is 2.26. The van der Waals surface area contributed by atoms with Gasteiger partial charge in [-0.3, -0.25) is 4.79 Å². The first-order valence-corrected chi connectivity index (χ1v) is 9.05. The molecule has 144 valence electrons. The summed E-state index contributed by atoms with van der Waals surface area (Å²) < 4.78 is 0. The third-order valence-corrected chi connectivity index (χ3v) is 4.74. The number of carbonyl (C=O) groups excluding carboxylic acids is 2. The summed E-state index contributed by atoms with van der Waals surface area (Å²) >= 11 is 11.9. The highest BCUT2D eigenvalue weighted by atomic mass is 35.5. The highest BCUT2D eigenvalue weighted by molar-refractivity contribution is 6.42. The number of primary amides is 1. The Hall–Kier alpha value is -2.28. The number of hydrogen-bond acceptors (Lipinski definition) is 3. The molecular weight excluding hydrogens is 389 g/mol. The van der Waals surface area contributed by atoms with Crippen LogP contribution in [0.4, 0.5) is 10.5 Å². The van der Waals surface area contributed by atoms with Crippen molar-refractivity contribution < 1.29 is 14.7 Å². The zero-order valence-corrected chi connectivity index (χ0v) is 16.5. The average Bonchev–Trinajstić information content (AvgIpc) is 2.61. The van der Waals surface area contributed by atoms with E-state index in [0.717, 1.165) is 0 Å². The molecule has 1 atom stereocenters. The summed E-state index contributed by atoms with van der Waals surface area (Å²) in [7, 11) is 0. The van der Waals surface area contributed by atoms with Gasteiger partial charge in [-0.2, -0.15) is 0 Å². The number of nitrogens with one attached hydrogen (secondary N) is 1. The number of aliphatic hydroxyl groups is 1. The van der Waals surface area contributed by atoms with Crippen molar-refractivity contribution in [3.8, 4) is 0 Å². The first kappa shape index (κ1) is 21.0. The molecule has 2 rings (SSSR count). The summed E-state index contributed by atoms with van der Waals surface area (Å²) in [5.41, 5.74) is 6.63. The number of halogens is 2. The molecule has 0 radical (unpaired) electrons. The molecule has 0 aliphatic carbocycles. The summed E-state index contributed by atoms with van der Waals surface area (Å²) in [6, 6.07) is 10.5. The van der Waals surface area contributed by atoms with Gasteiger partial charge in [0.2, 0.25) is 5.91 Å². The van der Waals surface area contributed by atoms with Crippen molar-refractivity contribution in [2.45, 2.75) is 26.0 Å². The van der Waals surface area contributed by atoms with Crippen molar-refractivity contribution in [2.24, 2.45) is 5.73 Å².